The van der Waals surface area contributed by atoms with E-state index in [1.807, 2.05) is 49.2 Å². The van der Waals surface area contributed by atoms with Crippen molar-refractivity contribution >= 4 is 22.7 Å². The van der Waals surface area contributed by atoms with E-state index in [1.54, 1.807) is 0 Å². The number of H-pyrrole nitrogens is 2. The molecule has 3 heterocycles. The number of hydrogen-bond donors (Lipinski definition) is 3. The number of aromatic nitrogens is 4. The van der Waals surface area contributed by atoms with Crippen LogP contribution in [0.5, 0.6) is 0 Å². The molecule has 1 saturated carbocycles. The number of amides is 2. The number of benzene rings is 1. The molecule has 1 atom stereocenters. The van der Waals surface area contributed by atoms with Gasteiger partial charge in [0.05, 0.1) is 0 Å². The van der Waals surface area contributed by atoms with Crippen LogP contribution in [0.4, 0.5) is 0 Å². The number of rotatable bonds is 7. The number of piperidine rings is 1. The third-order valence-corrected chi connectivity index (χ3v) is 6.89. The van der Waals surface area contributed by atoms with Gasteiger partial charge in [0.25, 0.3) is 0 Å². The molecule has 1 aromatic carbocycles. The normalized spacial score (nSPS) is 18.1. The first-order valence-corrected chi connectivity index (χ1v) is 12.1. The van der Waals surface area contributed by atoms with Gasteiger partial charge in [-0.05, 0) is 37.3 Å². The summed E-state index contributed by atoms with van der Waals surface area (Å²) >= 11 is 0. The van der Waals surface area contributed by atoms with Crippen LogP contribution in [0.1, 0.15) is 68.6 Å². The number of fused-ring (bicyclic) bond motifs is 1. The van der Waals surface area contributed by atoms with Crippen molar-refractivity contribution in [2.75, 3.05) is 13.1 Å². The zero-order valence-electron chi connectivity index (χ0n) is 19.3. The predicted octanol–water partition coefficient (Wildman–Crippen LogP) is 3.25. The van der Waals surface area contributed by atoms with E-state index in [0.717, 1.165) is 41.0 Å². The summed E-state index contributed by atoms with van der Waals surface area (Å²) in [6, 6.07) is 7.46. The monoisotopic (exact) mass is 448 g/mol. The van der Waals surface area contributed by atoms with E-state index >= 15 is 0 Å². The average Bonchev–Trinajstić information content (AvgIpc) is 3.42. The van der Waals surface area contributed by atoms with Crippen molar-refractivity contribution in [3.8, 4) is 0 Å². The Morgan fingerprint density at radius 1 is 1.12 bits per heavy atom. The van der Waals surface area contributed by atoms with Gasteiger partial charge in [-0.1, -0.05) is 32.0 Å². The van der Waals surface area contributed by atoms with Gasteiger partial charge in [-0.3, -0.25) is 14.7 Å². The maximum absolute atomic E-state index is 13.5. The van der Waals surface area contributed by atoms with Gasteiger partial charge in [-0.25, -0.2) is 4.98 Å². The molecule has 2 amide bonds. The summed E-state index contributed by atoms with van der Waals surface area (Å²) in [7, 11) is 0. The molecule has 1 unspecified atom stereocenters. The highest BCUT2D eigenvalue weighted by atomic mass is 16.2. The molecule has 1 aliphatic carbocycles. The number of nitrogens with zero attached hydrogens (tertiary/aromatic N) is 3. The van der Waals surface area contributed by atoms with Gasteiger partial charge in [0, 0.05) is 54.4 Å². The van der Waals surface area contributed by atoms with E-state index in [-0.39, 0.29) is 17.7 Å². The van der Waals surface area contributed by atoms with Crippen LogP contribution in [-0.4, -0.2) is 56.0 Å². The van der Waals surface area contributed by atoms with Crippen molar-refractivity contribution in [2.45, 2.75) is 63.8 Å². The minimum absolute atomic E-state index is 0.0102. The molecule has 2 aliphatic rings. The fourth-order valence-electron chi connectivity index (χ4n) is 4.65. The van der Waals surface area contributed by atoms with Gasteiger partial charge in [0.2, 0.25) is 11.8 Å². The number of likely N-dealkylation sites (tertiary alicyclic amines) is 1. The van der Waals surface area contributed by atoms with Gasteiger partial charge in [0.15, 0.2) is 5.82 Å². The van der Waals surface area contributed by atoms with Crippen molar-refractivity contribution in [1.29, 1.82) is 0 Å². The Labute approximate surface area is 193 Å². The molecule has 2 aromatic heterocycles. The minimum atomic E-state index is -0.581. The van der Waals surface area contributed by atoms with E-state index in [4.69, 9.17) is 4.98 Å². The van der Waals surface area contributed by atoms with E-state index in [2.05, 4.69) is 20.5 Å². The summed E-state index contributed by atoms with van der Waals surface area (Å²) in [5, 5.41) is 11.6. The van der Waals surface area contributed by atoms with Gasteiger partial charge >= 0.3 is 0 Å². The first kappa shape index (κ1) is 21.7. The fourth-order valence-corrected chi connectivity index (χ4v) is 4.65. The molecule has 5 rings (SSSR count). The van der Waals surface area contributed by atoms with Crippen molar-refractivity contribution in [2.24, 2.45) is 5.92 Å². The fraction of sp³-hybridized carbons (Fsp3) is 0.520. The highest BCUT2D eigenvalue weighted by Crippen LogP contribution is 2.38. The lowest BCUT2D eigenvalue weighted by Gasteiger charge is -2.34. The van der Waals surface area contributed by atoms with Crippen LogP contribution in [-0.2, 0) is 16.0 Å². The first-order valence-electron chi connectivity index (χ1n) is 12.1. The van der Waals surface area contributed by atoms with Gasteiger partial charge in [-0.15, -0.1) is 0 Å². The second-order valence-electron chi connectivity index (χ2n) is 9.73. The molecule has 0 bridgehead atoms. The molecule has 8 nitrogen and oxygen atoms in total. The Kier molecular flexibility index (Phi) is 5.91. The molecular formula is C25H32N6O2. The van der Waals surface area contributed by atoms with Crippen LogP contribution >= 0.6 is 0 Å². The zero-order chi connectivity index (χ0) is 22.9. The summed E-state index contributed by atoms with van der Waals surface area (Å²) in [5.41, 5.74) is 2.07. The van der Waals surface area contributed by atoms with E-state index < -0.39 is 6.04 Å². The standard InChI is InChI=1S/C25H32N6O2/c1-15(2)24(32)27-21(13-18-14-26-20-6-4-3-5-19(18)20)25(33)31-11-9-17(10-12-31)23-28-22(29-30-23)16-7-8-16/h3-6,14-17,21,26H,7-13H2,1-2H3,(H,27,32)(H,28,29,30). The number of nitrogens with one attached hydrogen (secondary N) is 3. The molecule has 1 saturated heterocycles. The van der Waals surface area contributed by atoms with E-state index in [9.17, 15) is 9.59 Å². The van der Waals surface area contributed by atoms with Crippen molar-refractivity contribution in [3.63, 3.8) is 0 Å². The highest BCUT2D eigenvalue weighted by Gasteiger charge is 2.33. The summed E-state index contributed by atoms with van der Waals surface area (Å²) in [4.78, 5) is 35.9. The maximum atomic E-state index is 13.5. The number of hydrogen-bond acceptors (Lipinski definition) is 4. The maximum Gasteiger partial charge on any atom is 0.245 e. The van der Waals surface area contributed by atoms with E-state index in [0.29, 0.717) is 31.3 Å². The largest absolute Gasteiger partial charge is 0.361 e. The molecule has 8 heteroatoms. The first-order chi connectivity index (χ1) is 16.0. The van der Waals surface area contributed by atoms with Crippen LogP contribution in [0.25, 0.3) is 10.9 Å². The number of carbonyl (C=O) groups excluding carboxylic acids is 2. The lowest BCUT2D eigenvalue weighted by atomic mass is 9.95. The summed E-state index contributed by atoms with van der Waals surface area (Å²) in [6.45, 7) is 5.01. The molecule has 33 heavy (non-hydrogen) atoms. The van der Waals surface area contributed by atoms with Crippen LogP contribution in [0.15, 0.2) is 30.5 Å². The second kappa shape index (κ2) is 9.00. The third-order valence-electron chi connectivity index (χ3n) is 6.89. The molecular weight excluding hydrogens is 416 g/mol. The number of aromatic amines is 2. The van der Waals surface area contributed by atoms with Crippen LogP contribution in [0, 0.1) is 5.92 Å². The van der Waals surface area contributed by atoms with Gasteiger partial charge in [-0.2, -0.15) is 5.10 Å². The van der Waals surface area contributed by atoms with Gasteiger partial charge in [0.1, 0.15) is 11.9 Å². The molecule has 0 radical (unpaired) electrons. The Bertz CT molecular complexity index is 1140. The van der Waals surface area contributed by atoms with Crippen molar-refractivity contribution in [1.82, 2.24) is 30.4 Å². The van der Waals surface area contributed by atoms with E-state index in [1.165, 1.54) is 12.8 Å². The Morgan fingerprint density at radius 3 is 2.61 bits per heavy atom. The SMILES string of the molecule is CC(C)C(=O)NC(Cc1c[nH]c2ccccc12)C(=O)N1CCC(c2nc(C3CC3)n[nH]2)CC1. The van der Waals surface area contributed by atoms with Gasteiger partial charge < -0.3 is 15.2 Å². The van der Waals surface area contributed by atoms with Crippen molar-refractivity contribution < 1.29 is 9.59 Å². The van der Waals surface area contributed by atoms with Crippen LogP contribution in [0.3, 0.4) is 0 Å². The lowest BCUT2D eigenvalue weighted by Crippen LogP contribution is -2.52. The zero-order valence-corrected chi connectivity index (χ0v) is 19.3. The number of para-hydroxylation sites is 1. The van der Waals surface area contributed by atoms with Crippen LogP contribution < -0.4 is 5.32 Å². The number of carbonyl (C=O) groups is 2. The smallest absolute Gasteiger partial charge is 0.245 e. The van der Waals surface area contributed by atoms with Crippen LogP contribution in [0.2, 0.25) is 0 Å². The Balaban J connectivity index is 1.27. The Hall–Kier alpha value is -3.16. The summed E-state index contributed by atoms with van der Waals surface area (Å²) in [6.07, 6.45) is 6.48. The third kappa shape index (κ3) is 4.65. The summed E-state index contributed by atoms with van der Waals surface area (Å²) < 4.78 is 0. The Morgan fingerprint density at radius 2 is 1.88 bits per heavy atom. The molecule has 1 aliphatic heterocycles. The van der Waals surface area contributed by atoms with Crippen molar-refractivity contribution in [3.05, 3.63) is 47.7 Å². The summed E-state index contributed by atoms with van der Waals surface area (Å²) in [5.74, 6) is 2.44. The molecule has 0 spiro atoms. The average molecular weight is 449 g/mol. The second-order valence-corrected chi connectivity index (χ2v) is 9.73. The lowest BCUT2D eigenvalue weighted by molar-refractivity contribution is -0.138. The predicted molar refractivity (Wildman–Crippen MR) is 126 cm³/mol. The molecule has 3 N–H and O–H groups in total. The molecule has 2 fully saturated rings. The minimum Gasteiger partial charge on any atom is -0.361 e. The molecule has 3 aromatic rings. The quantitative estimate of drug-likeness (QED) is 0.516. The molecule has 174 valence electrons. The topological polar surface area (TPSA) is 107 Å². The highest BCUT2D eigenvalue weighted by molar-refractivity contribution is 5.90.